The molecule has 1 atom stereocenters. The fourth-order valence-corrected chi connectivity index (χ4v) is 0.964. The van der Waals surface area contributed by atoms with Gasteiger partial charge in [-0.1, -0.05) is 0 Å². The van der Waals surface area contributed by atoms with E-state index in [-0.39, 0.29) is 5.88 Å². The molecule has 1 aromatic rings. The summed E-state index contributed by atoms with van der Waals surface area (Å²) >= 11 is 2.97. The van der Waals surface area contributed by atoms with Crippen molar-refractivity contribution in [2.75, 3.05) is 0 Å². The number of aromatic nitrogens is 1. The second kappa shape index (κ2) is 4.45. The van der Waals surface area contributed by atoms with Gasteiger partial charge in [0.1, 0.15) is 0 Å². The summed E-state index contributed by atoms with van der Waals surface area (Å²) in [5.41, 5.74) is 0. The first-order chi connectivity index (χ1) is 6.11. The Morgan fingerprint density at radius 3 is 2.62 bits per heavy atom. The topological polar surface area (TPSA) is 22.1 Å². The number of pyridine rings is 1. The third-order valence-corrected chi connectivity index (χ3v) is 1.75. The molecule has 1 aromatic heterocycles. The van der Waals surface area contributed by atoms with Crippen LogP contribution in [0.4, 0.5) is 13.2 Å². The van der Waals surface area contributed by atoms with E-state index in [0.717, 1.165) is 0 Å². The predicted octanol–water partition coefficient (Wildman–Crippen LogP) is 2.78. The molecule has 1 unspecified atom stereocenters. The average molecular weight is 256 g/mol. The zero-order valence-electron chi connectivity index (χ0n) is 6.25. The van der Waals surface area contributed by atoms with Crippen LogP contribution in [-0.2, 0) is 0 Å². The Hall–Kier alpha value is -0.780. The van der Waals surface area contributed by atoms with E-state index >= 15 is 0 Å². The first kappa shape index (κ1) is 10.3. The molecule has 0 aliphatic carbocycles. The highest BCUT2D eigenvalue weighted by Gasteiger charge is 2.22. The van der Waals surface area contributed by atoms with Gasteiger partial charge in [0.05, 0.1) is 4.47 Å². The Kier molecular flexibility index (Phi) is 3.53. The minimum Gasteiger partial charge on any atom is -0.436 e. The molecule has 1 rings (SSSR count). The third kappa shape index (κ3) is 2.87. The van der Waals surface area contributed by atoms with Crippen LogP contribution in [0.5, 0.6) is 5.88 Å². The van der Waals surface area contributed by atoms with E-state index in [1.807, 2.05) is 0 Å². The lowest BCUT2D eigenvalue weighted by Crippen LogP contribution is -2.20. The van der Waals surface area contributed by atoms with Crippen LogP contribution in [0.2, 0.25) is 0 Å². The fourth-order valence-electron chi connectivity index (χ4n) is 0.616. The maximum Gasteiger partial charge on any atom is 0.304 e. The van der Waals surface area contributed by atoms with E-state index in [1.165, 1.54) is 12.3 Å². The van der Waals surface area contributed by atoms with E-state index in [9.17, 15) is 13.2 Å². The molecule has 0 saturated carbocycles. The monoisotopic (exact) mass is 255 g/mol. The molecular weight excluding hydrogens is 251 g/mol. The van der Waals surface area contributed by atoms with E-state index < -0.39 is 12.8 Å². The van der Waals surface area contributed by atoms with Gasteiger partial charge in [-0.05, 0) is 28.1 Å². The Morgan fingerprint density at radius 2 is 2.08 bits per heavy atom. The van der Waals surface area contributed by atoms with Crippen LogP contribution in [0.25, 0.3) is 0 Å². The maximum absolute atomic E-state index is 12.4. The maximum atomic E-state index is 12.4. The Morgan fingerprint density at radius 1 is 1.38 bits per heavy atom. The molecular formula is C7H5BrF3NO. The summed E-state index contributed by atoms with van der Waals surface area (Å²) < 4.78 is 40.3. The summed E-state index contributed by atoms with van der Waals surface area (Å²) in [4.78, 5) is 3.56. The highest BCUT2D eigenvalue weighted by atomic mass is 79.9. The minimum atomic E-state index is -3.17. The van der Waals surface area contributed by atoms with Crippen LogP contribution in [0.15, 0.2) is 22.8 Å². The normalized spacial score (nSPS) is 13.0. The zero-order valence-corrected chi connectivity index (χ0v) is 7.84. The molecule has 0 amide bonds. The van der Waals surface area contributed by atoms with Crippen molar-refractivity contribution < 1.29 is 17.9 Å². The lowest BCUT2D eigenvalue weighted by molar-refractivity contribution is -0.0694. The van der Waals surface area contributed by atoms with Crippen molar-refractivity contribution in [1.29, 1.82) is 0 Å². The molecule has 2 nitrogen and oxygen atoms in total. The number of nitrogens with zero attached hydrogens (tertiary/aromatic N) is 1. The van der Waals surface area contributed by atoms with E-state index in [2.05, 4.69) is 25.7 Å². The highest BCUT2D eigenvalue weighted by molar-refractivity contribution is 9.10. The molecule has 0 N–H and O–H groups in total. The van der Waals surface area contributed by atoms with E-state index in [4.69, 9.17) is 0 Å². The van der Waals surface area contributed by atoms with Gasteiger partial charge in [0.2, 0.25) is 5.88 Å². The second-order valence-corrected chi connectivity index (χ2v) is 2.95. The van der Waals surface area contributed by atoms with Crippen molar-refractivity contribution in [1.82, 2.24) is 4.98 Å². The van der Waals surface area contributed by atoms with Gasteiger partial charge in [0.15, 0.2) is 0 Å². The first-order valence-electron chi connectivity index (χ1n) is 3.30. The van der Waals surface area contributed by atoms with E-state index in [0.29, 0.717) is 4.47 Å². The molecule has 0 aromatic carbocycles. The van der Waals surface area contributed by atoms with Gasteiger partial charge in [-0.2, -0.15) is 4.39 Å². The number of rotatable bonds is 3. The van der Waals surface area contributed by atoms with Gasteiger partial charge in [-0.15, -0.1) is 0 Å². The van der Waals surface area contributed by atoms with Crippen molar-refractivity contribution in [3.05, 3.63) is 22.8 Å². The van der Waals surface area contributed by atoms with Crippen LogP contribution in [0, 0.1) is 0 Å². The number of ether oxygens (including phenoxy) is 1. The molecule has 0 aliphatic heterocycles. The molecule has 0 fully saturated rings. The minimum absolute atomic E-state index is 0.185. The Bertz CT molecular complexity index is 284. The number of hydrogen-bond acceptors (Lipinski definition) is 2. The van der Waals surface area contributed by atoms with E-state index in [1.54, 1.807) is 6.07 Å². The lowest BCUT2D eigenvalue weighted by atomic mass is 10.5. The van der Waals surface area contributed by atoms with Crippen molar-refractivity contribution >= 4 is 15.9 Å². The van der Waals surface area contributed by atoms with Gasteiger partial charge in [0, 0.05) is 6.20 Å². The molecule has 0 radical (unpaired) electrons. The lowest BCUT2D eigenvalue weighted by Gasteiger charge is -2.09. The molecule has 0 spiro atoms. The largest absolute Gasteiger partial charge is 0.436 e. The Balaban J connectivity index is 2.69. The van der Waals surface area contributed by atoms with Gasteiger partial charge in [-0.3, -0.25) is 0 Å². The summed E-state index contributed by atoms with van der Waals surface area (Å²) in [6.45, 7) is 0. The van der Waals surface area contributed by atoms with Gasteiger partial charge in [0.25, 0.3) is 6.36 Å². The summed E-state index contributed by atoms with van der Waals surface area (Å²) in [5.74, 6) is -0.185. The zero-order chi connectivity index (χ0) is 9.84. The van der Waals surface area contributed by atoms with Crippen LogP contribution in [0.3, 0.4) is 0 Å². The molecule has 1 heterocycles. The van der Waals surface area contributed by atoms with Crippen LogP contribution in [-0.4, -0.2) is 17.8 Å². The number of halogens is 4. The summed E-state index contributed by atoms with van der Waals surface area (Å²) in [5, 5.41) is 0. The van der Waals surface area contributed by atoms with Crippen molar-refractivity contribution in [2.45, 2.75) is 12.8 Å². The van der Waals surface area contributed by atoms with Crippen molar-refractivity contribution in [3.8, 4) is 5.88 Å². The molecule has 72 valence electrons. The van der Waals surface area contributed by atoms with Gasteiger partial charge < -0.3 is 4.74 Å². The quantitative estimate of drug-likeness (QED) is 0.829. The second-order valence-electron chi connectivity index (χ2n) is 2.09. The summed E-state index contributed by atoms with van der Waals surface area (Å²) in [6.07, 6.45) is -4.50. The molecule has 13 heavy (non-hydrogen) atoms. The third-order valence-electron chi connectivity index (χ3n) is 1.15. The van der Waals surface area contributed by atoms with Gasteiger partial charge >= 0.3 is 6.43 Å². The number of hydrogen-bond donors (Lipinski definition) is 0. The molecule has 6 heteroatoms. The first-order valence-corrected chi connectivity index (χ1v) is 4.10. The fraction of sp³-hybridized carbons (Fsp3) is 0.286. The van der Waals surface area contributed by atoms with Crippen molar-refractivity contribution in [3.63, 3.8) is 0 Å². The smallest absolute Gasteiger partial charge is 0.304 e. The van der Waals surface area contributed by atoms with Crippen LogP contribution < -0.4 is 4.74 Å². The summed E-state index contributed by atoms with van der Waals surface area (Å²) in [7, 11) is 0. The predicted molar refractivity (Wildman–Crippen MR) is 43.5 cm³/mol. The molecule has 0 bridgehead atoms. The highest BCUT2D eigenvalue weighted by Crippen LogP contribution is 2.23. The SMILES string of the molecule is FC(F)C(F)Oc1ncccc1Br. The Labute approximate surface area is 80.9 Å². The van der Waals surface area contributed by atoms with Gasteiger partial charge in [-0.25, -0.2) is 13.8 Å². The standard InChI is InChI=1S/C7H5BrF3NO/c8-4-2-1-3-12-7(4)13-6(11)5(9)10/h1-3,5-6H. The average Bonchev–Trinajstić information content (AvgIpc) is 2.08. The van der Waals surface area contributed by atoms with Crippen LogP contribution >= 0.6 is 15.9 Å². The molecule has 0 saturated heterocycles. The summed E-state index contributed by atoms with van der Waals surface area (Å²) in [6, 6.07) is 3.08. The van der Waals surface area contributed by atoms with Crippen molar-refractivity contribution in [2.24, 2.45) is 0 Å². The van der Waals surface area contributed by atoms with Crippen LogP contribution in [0.1, 0.15) is 0 Å². The molecule has 0 aliphatic rings. The number of alkyl halides is 3.